The Morgan fingerprint density at radius 2 is 1.58 bits per heavy atom. The van der Waals surface area contributed by atoms with E-state index in [1.54, 1.807) is 0 Å². The Morgan fingerprint density at radius 1 is 0.947 bits per heavy atom. The monoisotopic (exact) mass is 274 g/mol. The highest BCUT2D eigenvalue weighted by molar-refractivity contribution is 7.15. The second-order valence-electron chi connectivity index (χ2n) is 6.10. The van der Waals surface area contributed by atoms with E-state index in [0.717, 1.165) is 5.75 Å². The minimum atomic E-state index is -0.144. The van der Waals surface area contributed by atoms with Crippen LogP contribution in [0, 0.1) is 0 Å². The van der Waals surface area contributed by atoms with Crippen molar-refractivity contribution >= 4 is 11.3 Å². The summed E-state index contributed by atoms with van der Waals surface area (Å²) in [6, 6.07) is 12.8. The Balaban J connectivity index is 2.17. The molecule has 1 aromatic carbocycles. The molecule has 19 heavy (non-hydrogen) atoms. The van der Waals surface area contributed by atoms with Crippen LogP contribution in [0.15, 0.2) is 36.4 Å². The first-order valence-electron chi connectivity index (χ1n) is 6.74. The first-order chi connectivity index (χ1) is 8.85. The molecule has 1 nitrogen and oxygen atoms in total. The molecule has 1 heterocycles. The van der Waals surface area contributed by atoms with Gasteiger partial charge < -0.3 is 4.74 Å². The molecule has 0 saturated heterocycles. The maximum absolute atomic E-state index is 5.84. The molecule has 2 aromatic rings. The van der Waals surface area contributed by atoms with Gasteiger partial charge in [0.05, 0.1) is 0 Å². The third kappa shape index (κ3) is 3.84. The lowest BCUT2D eigenvalue weighted by molar-refractivity contribution is 0.131. The zero-order chi connectivity index (χ0) is 14.0. The average Bonchev–Trinajstić information content (AvgIpc) is 2.77. The van der Waals surface area contributed by atoms with Crippen molar-refractivity contribution in [3.05, 3.63) is 41.3 Å². The second kappa shape index (κ2) is 5.38. The van der Waals surface area contributed by atoms with E-state index in [1.807, 2.05) is 11.3 Å². The molecule has 0 bridgehead atoms. The van der Waals surface area contributed by atoms with Crippen LogP contribution in [0.25, 0.3) is 10.4 Å². The maximum Gasteiger partial charge on any atom is 0.120 e. The molecular weight excluding hydrogens is 252 g/mol. The molecule has 0 aliphatic heterocycles. The molecule has 0 fully saturated rings. The summed E-state index contributed by atoms with van der Waals surface area (Å²) in [6.07, 6.45) is 0. The average molecular weight is 274 g/mol. The molecule has 2 heteroatoms. The minimum Gasteiger partial charge on any atom is -0.488 e. The van der Waals surface area contributed by atoms with Gasteiger partial charge in [0.1, 0.15) is 11.4 Å². The summed E-state index contributed by atoms with van der Waals surface area (Å²) < 4.78 is 5.84. The van der Waals surface area contributed by atoms with Crippen molar-refractivity contribution in [2.24, 2.45) is 0 Å². The van der Waals surface area contributed by atoms with Gasteiger partial charge >= 0.3 is 0 Å². The lowest BCUT2D eigenvalue weighted by Gasteiger charge is -2.21. The molecule has 0 aliphatic carbocycles. The van der Waals surface area contributed by atoms with E-state index in [4.69, 9.17) is 4.74 Å². The molecule has 102 valence electrons. The third-order valence-electron chi connectivity index (χ3n) is 2.76. The van der Waals surface area contributed by atoms with Crippen molar-refractivity contribution in [2.45, 2.75) is 46.1 Å². The fourth-order valence-corrected chi connectivity index (χ4v) is 2.87. The fourth-order valence-electron chi connectivity index (χ4n) is 1.86. The molecule has 0 amide bonds. The van der Waals surface area contributed by atoms with Crippen LogP contribution in [-0.4, -0.2) is 5.60 Å². The Bertz CT molecular complexity index is 529. The molecular formula is C17H22OS. The highest BCUT2D eigenvalue weighted by atomic mass is 32.1. The molecule has 0 N–H and O–H groups in total. The van der Waals surface area contributed by atoms with Crippen LogP contribution in [-0.2, 0) is 0 Å². The first-order valence-corrected chi connectivity index (χ1v) is 7.56. The summed E-state index contributed by atoms with van der Waals surface area (Å²) in [5, 5.41) is 0. The zero-order valence-corrected chi connectivity index (χ0v) is 13.2. The Hall–Kier alpha value is -1.28. The van der Waals surface area contributed by atoms with Crippen molar-refractivity contribution in [3.8, 4) is 16.2 Å². The Morgan fingerprint density at radius 3 is 2.05 bits per heavy atom. The van der Waals surface area contributed by atoms with Crippen LogP contribution in [0.1, 0.15) is 45.4 Å². The van der Waals surface area contributed by atoms with Gasteiger partial charge in [-0.2, -0.15) is 0 Å². The summed E-state index contributed by atoms with van der Waals surface area (Å²) >= 11 is 1.87. The lowest BCUT2D eigenvalue weighted by Crippen LogP contribution is -2.22. The summed E-state index contributed by atoms with van der Waals surface area (Å²) in [5.74, 6) is 1.53. The summed E-state index contributed by atoms with van der Waals surface area (Å²) in [6.45, 7) is 10.7. The Kier molecular flexibility index (Phi) is 4.00. The molecule has 1 aromatic heterocycles. The van der Waals surface area contributed by atoms with E-state index in [2.05, 4.69) is 71.0 Å². The number of ether oxygens (including phenoxy) is 1. The van der Waals surface area contributed by atoms with Crippen molar-refractivity contribution in [3.63, 3.8) is 0 Å². The van der Waals surface area contributed by atoms with Gasteiger partial charge in [-0.15, -0.1) is 11.3 Å². The smallest absolute Gasteiger partial charge is 0.120 e. The number of thiophene rings is 1. The lowest BCUT2D eigenvalue weighted by atomic mass is 10.1. The topological polar surface area (TPSA) is 9.23 Å². The third-order valence-corrected chi connectivity index (χ3v) is 4.19. The first kappa shape index (κ1) is 14.1. The van der Waals surface area contributed by atoms with Crippen LogP contribution in [0.2, 0.25) is 0 Å². The largest absolute Gasteiger partial charge is 0.488 e. The van der Waals surface area contributed by atoms with E-state index in [-0.39, 0.29) is 5.60 Å². The fraction of sp³-hybridized carbons (Fsp3) is 0.412. The maximum atomic E-state index is 5.84. The Labute approximate surface area is 120 Å². The van der Waals surface area contributed by atoms with Crippen LogP contribution < -0.4 is 4.74 Å². The van der Waals surface area contributed by atoms with E-state index in [9.17, 15) is 0 Å². The molecule has 0 aliphatic rings. The number of hydrogen-bond donors (Lipinski definition) is 0. The van der Waals surface area contributed by atoms with Gasteiger partial charge in [-0.25, -0.2) is 0 Å². The van der Waals surface area contributed by atoms with Gasteiger partial charge in [0, 0.05) is 9.75 Å². The van der Waals surface area contributed by atoms with Crippen molar-refractivity contribution in [1.82, 2.24) is 0 Å². The van der Waals surface area contributed by atoms with E-state index in [0.29, 0.717) is 5.92 Å². The van der Waals surface area contributed by atoms with Crippen molar-refractivity contribution < 1.29 is 4.74 Å². The van der Waals surface area contributed by atoms with Crippen LogP contribution in [0.5, 0.6) is 5.75 Å². The summed E-state index contributed by atoms with van der Waals surface area (Å²) in [4.78, 5) is 2.76. The van der Waals surface area contributed by atoms with Gasteiger partial charge in [0.25, 0.3) is 0 Å². The normalized spacial score (nSPS) is 11.9. The predicted octanol–water partition coefficient (Wildman–Crippen LogP) is 5.72. The highest BCUT2D eigenvalue weighted by Gasteiger charge is 2.12. The van der Waals surface area contributed by atoms with Gasteiger partial charge in [0.15, 0.2) is 0 Å². The number of benzene rings is 1. The molecule has 0 radical (unpaired) electrons. The molecule has 2 rings (SSSR count). The quantitative estimate of drug-likeness (QED) is 0.696. The molecule has 0 atom stereocenters. The molecule has 0 saturated carbocycles. The number of hydrogen-bond acceptors (Lipinski definition) is 2. The number of rotatable bonds is 3. The van der Waals surface area contributed by atoms with Gasteiger partial charge in [-0.05, 0) is 68.7 Å². The predicted molar refractivity (Wildman–Crippen MR) is 84.2 cm³/mol. The highest BCUT2D eigenvalue weighted by Crippen LogP contribution is 2.33. The standard InChI is InChI=1S/C17H22OS/c1-12(2)15-10-11-16(19-15)13-6-8-14(9-7-13)18-17(3,4)5/h6-12H,1-5H3. The van der Waals surface area contributed by atoms with Gasteiger partial charge in [0.2, 0.25) is 0 Å². The van der Waals surface area contributed by atoms with Gasteiger partial charge in [-0.1, -0.05) is 13.8 Å². The second-order valence-corrected chi connectivity index (χ2v) is 7.21. The van der Waals surface area contributed by atoms with Crippen LogP contribution in [0.3, 0.4) is 0 Å². The van der Waals surface area contributed by atoms with Crippen molar-refractivity contribution in [1.29, 1.82) is 0 Å². The molecule has 0 spiro atoms. The van der Waals surface area contributed by atoms with Crippen LogP contribution in [0.4, 0.5) is 0 Å². The van der Waals surface area contributed by atoms with Gasteiger partial charge in [-0.3, -0.25) is 0 Å². The molecule has 0 unspecified atom stereocenters. The van der Waals surface area contributed by atoms with Crippen LogP contribution >= 0.6 is 11.3 Å². The zero-order valence-electron chi connectivity index (χ0n) is 12.4. The minimum absolute atomic E-state index is 0.144. The summed E-state index contributed by atoms with van der Waals surface area (Å²) in [5.41, 5.74) is 1.12. The SMILES string of the molecule is CC(C)c1ccc(-c2ccc(OC(C)(C)C)cc2)s1. The summed E-state index contributed by atoms with van der Waals surface area (Å²) in [7, 11) is 0. The van der Waals surface area contributed by atoms with E-state index < -0.39 is 0 Å². The van der Waals surface area contributed by atoms with E-state index in [1.165, 1.54) is 15.3 Å². The van der Waals surface area contributed by atoms with E-state index >= 15 is 0 Å². The van der Waals surface area contributed by atoms with Crippen molar-refractivity contribution in [2.75, 3.05) is 0 Å².